The molecule has 0 unspecified atom stereocenters. The molecular weight excluding hydrogens is 216 g/mol. The van der Waals surface area contributed by atoms with Crippen LogP contribution in [0, 0.1) is 12.3 Å². The largest absolute Gasteiger partial charge is 0.381 e. The molecule has 1 heterocycles. The van der Waals surface area contributed by atoms with Crippen LogP contribution in [0.5, 0.6) is 0 Å². The quantitative estimate of drug-likeness (QED) is 0.691. The summed E-state index contributed by atoms with van der Waals surface area (Å²) in [7, 11) is -0.644. The van der Waals surface area contributed by atoms with E-state index in [1.165, 1.54) is 17.9 Å². The third kappa shape index (κ3) is 2.11. The highest BCUT2D eigenvalue weighted by Gasteiger charge is 2.24. The van der Waals surface area contributed by atoms with Crippen LogP contribution in [-0.2, 0) is 17.1 Å². The molecule has 6 nitrogen and oxygen atoms in total. The molecule has 82 valence electrons. The van der Waals surface area contributed by atoms with E-state index in [9.17, 15) is 8.42 Å². The maximum Gasteiger partial charge on any atom is 0.248 e. The van der Waals surface area contributed by atoms with Crippen LogP contribution in [0.4, 0.5) is 5.82 Å². The summed E-state index contributed by atoms with van der Waals surface area (Å²) in [5, 5.41) is 3.76. The normalized spacial score (nSPS) is 11.6. The second-order valence-corrected chi connectivity index (χ2v) is 5.03. The van der Waals surface area contributed by atoms with Gasteiger partial charge >= 0.3 is 0 Å². The van der Waals surface area contributed by atoms with Gasteiger partial charge in [-0.3, -0.25) is 4.68 Å². The lowest BCUT2D eigenvalue weighted by molar-refractivity contribution is 0.503. The van der Waals surface area contributed by atoms with Gasteiger partial charge in [-0.2, -0.15) is 9.40 Å². The van der Waals surface area contributed by atoms with Crippen molar-refractivity contribution >= 4 is 15.8 Å². The smallest absolute Gasteiger partial charge is 0.248 e. The minimum Gasteiger partial charge on any atom is -0.381 e. The number of hydrogen-bond donors (Lipinski definition) is 1. The predicted octanol–water partition coefficient (Wildman–Crippen LogP) is -0.744. The van der Waals surface area contributed by atoms with Crippen molar-refractivity contribution in [2.75, 3.05) is 19.3 Å². The molecule has 15 heavy (non-hydrogen) atoms. The second-order valence-electron chi connectivity index (χ2n) is 3.02. The number of hydrogen-bond acceptors (Lipinski definition) is 4. The van der Waals surface area contributed by atoms with Crippen LogP contribution in [0.1, 0.15) is 0 Å². The molecule has 0 aliphatic heterocycles. The number of nitrogens with zero attached hydrogens (tertiary/aromatic N) is 3. The Kier molecular flexibility index (Phi) is 3.02. The molecule has 0 aromatic carbocycles. The number of anilines is 1. The summed E-state index contributed by atoms with van der Waals surface area (Å²) in [5.41, 5.74) is 5.47. The van der Waals surface area contributed by atoms with Crippen LogP contribution in [0.3, 0.4) is 0 Å². The maximum atomic E-state index is 11.9. The number of terminal acetylenes is 1. The van der Waals surface area contributed by atoms with E-state index in [4.69, 9.17) is 12.2 Å². The lowest BCUT2D eigenvalue weighted by Gasteiger charge is -2.12. The molecule has 0 radical (unpaired) electrons. The molecule has 0 bridgehead atoms. The van der Waals surface area contributed by atoms with Crippen molar-refractivity contribution in [2.24, 2.45) is 7.05 Å². The molecule has 1 rings (SSSR count). The number of sulfonamides is 1. The lowest BCUT2D eigenvalue weighted by atomic mass is 10.7. The molecule has 0 fully saturated rings. The standard InChI is InChI=1S/C8H12N4O2S/c1-4-5-12(3)15(13,14)7-6-11(2)10-8(7)9/h1,6H,5H2,2-3H3,(H2,9,10). The SMILES string of the molecule is C#CCN(C)S(=O)(=O)c1cn(C)nc1N. The fourth-order valence-corrected chi connectivity index (χ4v) is 2.24. The van der Waals surface area contributed by atoms with Gasteiger partial charge in [-0.25, -0.2) is 8.42 Å². The molecule has 0 aliphatic carbocycles. The summed E-state index contributed by atoms with van der Waals surface area (Å²) in [6.45, 7) is -0.00331. The van der Waals surface area contributed by atoms with Gasteiger partial charge in [0, 0.05) is 20.3 Å². The number of aryl methyl sites for hydroxylation is 1. The summed E-state index contributed by atoms with van der Waals surface area (Å²) >= 11 is 0. The molecule has 1 aromatic rings. The van der Waals surface area contributed by atoms with Crippen molar-refractivity contribution in [3.63, 3.8) is 0 Å². The molecule has 0 saturated carbocycles. The first kappa shape index (κ1) is 11.6. The average Bonchev–Trinajstić information content (AvgIpc) is 2.46. The Morgan fingerprint density at radius 1 is 1.73 bits per heavy atom. The highest BCUT2D eigenvalue weighted by atomic mass is 32.2. The summed E-state index contributed by atoms with van der Waals surface area (Å²) in [5.74, 6) is 2.22. The van der Waals surface area contributed by atoms with Crippen molar-refractivity contribution in [3.05, 3.63) is 6.20 Å². The molecule has 0 spiro atoms. The van der Waals surface area contributed by atoms with E-state index in [-0.39, 0.29) is 17.3 Å². The third-order valence-corrected chi connectivity index (χ3v) is 3.64. The Balaban J connectivity index is 3.18. The summed E-state index contributed by atoms with van der Waals surface area (Å²) in [4.78, 5) is -0.0252. The molecule has 1 aromatic heterocycles. The minimum atomic E-state index is -3.63. The van der Waals surface area contributed by atoms with E-state index in [2.05, 4.69) is 11.0 Å². The zero-order chi connectivity index (χ0) is 11.6. The Morgan fingerprint density at radius 3 is 2.73 bits per heavy atom. The van der Waals surface area contributed by atoms with Crippen LogP contribution in [-0.4, -0.2) is 36.1 Å². The number of aromatic nitrogens is 2. The van der Waals surface area contributed by atoms with Gasteiger partial charge < -0.3 is 5.73 Å². The third-order valence-electron chi connectivity index (χ3n) is 1.82. The fourth-order valence-electron chi connectivity index (χ4n) is 1.06. The van der Waals surface area contributed by atoms with E-state index in [1.54, 1.807) is 7.05 Å². The first-order chi connectivity index (χ1) is 6.89. The fraction of sp³-hybridized carbons (Fsp3) is 0.375. The first-order valence-electron chi connectivity index (χ1n) is 4.08. The van der Waals surface area contributed by atoms with Crippen molar-refractivity contribution in [3.8, 4) is 12.3 Å². The predicted molar refractivity (Wildman–Crippen MR) is 56.3 cm³/mol. The monoisotopic (exact) mass is 228 g/mol. The Labute approximate surface area is 88.7 Å². The van der Waals surface area contributed by atoms with Crippen LogP contribution in [0.25, 0.3) is 0 Å². The second kappa shape index (κ2) is 3.92. The highest BCUT2D eigenvalue weighted by Crippen LogP contribution is 2.19. The summed E-state index contributed by atoms with van der Waals surface area (Å²) < 4.78 is 26.1. The van der Waals surface area contributed by atoms with E-state index in [0.717, 1.165) is 4.31 Å². The number of rotatable bonds is 3. The zero-order valence-corrected chi connectivity index (χ0v) is 9.32. The molecule has 2 N–H and O–H groups in total. The Bertz CT molecular complexity index is 497. The molecule has 0 atom stereocenters. The van der Waals surface area contributed by atoms with Crippen molar-refractivity contribution in [1.82, 2.24) is 14.1 Å². The van der Waals surface area contributed by atoms with Gasteiger partial charge in [-0.1, -0.05) is 5.92 Å². The highest BCUT2D eigenvalue weighted by molar-refractivity contribution is 7.89. The number of nitrogen functional groups attached to an aromatic ring is 1. The van der Waals surface area contributed by atoms with Gasteiger partial charge in [0.05, 0.1) is 6.54 Å². The van der Waals surface area contributed by atoms with Crippen LogP contribution < -0.4 is 5.73 Å². The van der Waals surface area contributed by atoms with Crippen molar-refractivity contribution < 1.29 is 8.42 Å². The van der Waals surface area contributed by atoms with Crippen molar-refractivity contribution in [1.29, 1.82) is 0 Å². The first-order valence-corrected chi connectivity index (χ1v) is 5.52. The van der Waals surface area contributed by atoms with Gasteiger partial charge in [0.2, 0.25) is 10.0 Å². The topological polar surface area (TPSA) is 81.2 Å². The molecular formula is C8H12N4O2S. The van der Waals surface area contributed by atoms with Crippen LogP contribution in [0.15, 0.2) is 11.1 Å². The zero-order valence-electron chi connectivity index (χ0n) is 8.51. The maximum absolute atomic E-state index is 11.9. The van der Waals surface area contributed by atoms with Gasteiger partial charge in [0.15, 0.2) is 5.82 Å². The van der Waals surface area contributed by atoms with E-state index < -0.39 is 10.0 Å². The average molecular weight is 228 g/mol. The van der Waals surface area contributed by atoms with Gasteiger partial charge in [0.25, 0.3) is 0 Å². The van der Waals surface area contributed by atoms with E-state index in [1.807, 2.05) is 0 Å². The summed E-state index contributed by atoms with van der Waals surface area (Å²) in [6.07, 6.45) is 6.38. The number of nitrogens with two attached hydrogens (primary N) is 1. The minimum absolute atomic E-state index is 0.00331. The van der Waals surface area contributed by atoms with Gasteiger partial charge in [0.1, 0.15) is 4.90 Å². The molecule has 0 amide bonds. The summed E-state index contributed by atoms with van der Waals surface area (Å²) in [6, 6.07) is 0. The van der Waals surface area contributed by atoms with Crippen LogP contribution >= 0.6 is 0 Å². The Morgan fingerprint density at radius 2 is 2.33 bits per heavy atom. The molecule has 7 heteroatoms. The van der Waals surface area contributed by atoms with Gasteiger partial charge in [-0.15, -0.1) is 6.42 Å². The molecule has 0 saturated heterocycles. The van der Waals surface area contributed by atoms with E-state index in [0.29, 0.717) is 0 Å². The van der Waals surface area contributed by atoms with E-state index >= 15 is 0 Å². The van der Waals surface area contributed by atoms with Gasteiger partial charge in [-0.05, 0) is 0 Å². The molecule has 0 aliphatic rings. The lowest BCUT2D eigenvalue weighted by Crippen LogP contribution is -2.27. The van der Waals surface area contributed by atoms with Crippen LogP contribution in [0.2, 0.25) is 0 Å². The Hall–Kier alpha value is -1.52. The van der Waals surface area contributed by atoms with Crippen molar-refractivity contribution in [2.45, 2.75) is 4.90 Å².